The number of rotatable bonds is 46. The van der Waals surface area contributed by atoms with Crippen LogP contribution in [0.25, 0.3) is 0 Å². The van der Waals surface area contributed by atoms with Crippen molar-refractivity contribution in [3.8, 4) is 0 Å². The molecule has 0 radical (unpaired) electrons. The molecule has 1 unspecified atom stereocenters. The fourth-order valence-electron chi connectivity index (χ4n) is 7.02. The SMILES string of the molecule is CC/C=C\C/C=C\C/C=C\C/C=C\CCCCC(=O)OC(COC(=O)CCCCCCC/C=C\CCC)COC(=O)CCCCCCCCCCC/C=C\CCCCCCCC. The largest absolute Gasteiger partial charge is 0.462 e. The molecule has 6 nitrogen and oxygen atoms in total. The summed E-state index contributed by atoms with van der Waals surface area (Å²) >= 11 is 0. The number of esters is 3. The molecule has 0 aromatic rings. The molecular formula is C56H96O6. The normalized spacial score (nSPS) is 12.6. The van der Waals surface area contributed by atoms with Gasteiger partial charge in [-0.3, -0.25) is 14.4 Å². The van der Waals surface area contributed by atoms with Crippen molar-refractivity contribution in [2.75, 3.05) is 13.2 Å². The Bertz CT molecular complexity index is 1180. The predicted molar refractivity (Wildman–Crippen MR) is 265 cm³/mol. The minimum absolute atomic E-state index is 0.0958. The lowest BCUT2D eigenvalue weighted by molar-refractivity contribution is -0.167. The third kappa shape index (κ3) is 47.9. The summed E-state index contributed by atoms with van der Waals surface area (Å²) in [5, 5.41) is 0. The summed E-state index contributed by atoms with van der Waals surface area (Å²) in [4.78, 5) is 37.9. The van der Waals surface area contributed by atoms with E-state index in [0.717, 1.165) is 96.3 Å². The van der Waals surface area contributed by atoms with Crippen molar-refractivity contribution >= 4 is 17.9 Å². The monoisotopic (exact) mass is 865 g/mol. The molecular weight excluding hydrogens is 769 g/mol. The van der Waals surface area contributed by atoms with E-state index in [-0.39, 0.29) is 37.5 Å². The van der Waals surface area contributed by atoms with Gasteiger partial charge in [-0.25, -0.2) is 0 Å². The van der Waals surface area contributed by atoms with Gasteiger partial charge < -0.3 is 14.2 Å². The zero-order chi connectivity index (χ0) is 45.1. The average Bonchev–Trinajstić information content (AvgIpc) is 3.27. The molecule has 0 N–H and O–H groups in total. The molecule has 0 spiro atoms. The molecule has 0 saturated carbocycles. The standard InChI is InChI=1S/C56H96O6/c1-4-7-10-13-16-19-22-24-26-27-28-29-31-32-34-37-40-43-46-49-55(58)61-52-53(51-60-54(57)48-45-42-39-36-21-18-15-12-9-6-3)62-56(59)50-47-44-41-38-35-33-30-25-23-20-17-14-11-8-5-2/h8,11-12,15,17,20,24-26,30,35,38,53H,4-7,9-10,13-14,16,18-19,21-23,27-29,31-34,36-37,39-52H2,1-3H3/b11-8-,15-12-,20-17-,26-24-,30-25-,38-35-. The molecule has 6 heteroatoms. The first-order valence-corrected chi connectivity index (χ1v) is 25.9. The molecule has 0 fully saturated rings. The molecule has 0 amide bonds. The third-order valence-corrected chi connectivity index (χ3v) is 10.9. The second-order valence-corrected chi connectivity index (χ2v) is 17.0. The summed E-state index contributed by atoms with van der Waals surface area (Å²) in [7, 11) is 0. The lowest BCUT2D eigenvalue weighted by Gasteiger charge is -2.18. The van der Waals surface area contributed by atoms with Gasteiger partial charge in [0, 0.05) is 19.3 Å². The van der Waals surface area contributed by atoms with Gasteiger partial charge in [-0.15, -0.1) is 0 Å². The van der Waals surface area contributed by atoms with Crippen molar-refractivity contribution in [2.24, 2.45) is 0 Å². The number of hydrogen-bond acceptors (Lipinski definition) is 6. The van der Waals surface area contributed by atoms with Crippen LogP contribution in [0.4, 0.5) is 0 Å². The van der Waals surface area contributed by atoms with Crippen molar-refractivity contribution in [3.05, 3.63) is 72.9 Å². The zero-order valence-corrected chi connectivity index (χ0v) is 40.6. The van der Waals surface area contributed by atoms with Crippen LogP contribution in [0.3, 0.4) is 0 Å². The van der Waals surface area contributed by atoms with Gasteiger partial charge in [-0.05, 0) is 103 Å². The number of allylic oxidation sites excluding steroid dienone is 12. The summed E-state index contributed by atoms with van der Waals surface area (Å²) in [5.74, 6) is -0.950. The summed E-state index contributed by atoms with van der Waals surface area (Å²) in [6, 6.07) is 0. The van der Waals surface area contributed by atoms with Crippen LogP contribution in [0.2, 0.25) is 0 Å². The Morgan fingerprint density at radius 3 is 1.10 bits per heavy atom. The average molecular weight is 865 g/mol. The van der Waals surface area contributed by atoms with Crippen LogP contribution in [0.15, 0.2) is 72.9 Å². The van der Waals surface area contributed by atoms with Crippen LogP contribution in [-0.2, 0) is 28.6 Å². The van der Waals surface area contributed by atoms with E-state index in [1.54, 1.807) is 0 Å². The molecule has 0 aliphatic carbocycles. The Morgan fingerprint density at radius 1 is 0.339 bits per heavy atom. The number of ether oxygens (including phenoxy) is 3. The molecule has 0 heterocycles. The van der Waals surface area contributed by atoms with Crippen molar-refractivity contribution in [3.63, 3.8) is 0 Å². The van der Waals surface area contributed by atoms with Gasteiger partial charge in [0.15, 0.2) is 6.10 Å². The van der Waals surface area contributed by atoms with Crippen LogP contribution < -0.4 is 0 Å². The Kier molecular flexibility index (Phi) is 47.9. The number of carbonyl (C=O) groups excluding carboxylic acids is 3. The Hall–Kier alpha value is -3.15. The van der Waals surface area contributed by atoms with E-state index in [1.165, 1.54) is 103 Å². The molecule has 0 aromatic carbocycles. The van der Waals surface area contributed by atoms with Crippen LogP contribution >= 0.6 is 0 Å². The highest BCUT2D eigenvalue weighted by atomic mass is 16.6. The maximum absolute atomic E-state index is 12.8. The summed E-state index contributed by atoms with van der Waals surface area (Å²) in [6.45, 7) is 6.41. The van der Waals surface area contributed by atoms with Gasteiger partial charge >= 0.3 is 17.9 Å². The zero-order valence-electron chi connectivity index (χ0n) is 40.6. The van der Waals surface area contributed by atoms with Gasteiger partial charge in [0.25, 0.3) is 0 Å². The van der Waals surface area contributed by atoms with E-state index >= 15 is 0 Å². The Labute approximate surface area is 382 Å². The topological polar surface area (TPSA) is 78.9 Å². The summed E-state index contributed by atoms with van der Waals surface area (Å²) < 4.78 is 16.7. The van der Waals surface area contributed by atoms with Crippen molar-refractivity contribution in [1.82, 2.24) is 0 Å². The minimum atomic E-state index is -0.799. The van der Waals surface area contributed by atoms with E-state index in [2.05, 4.69) is 93.7 Å². The van der Waals surface area contributed by atoms with E-state index in [4.69, 9.17) is 14.2 Å². The molecule has 356 valence electrons. The van der Waals surface area contributed by atoms with Crippen LogP contribution in [0, 0.1) is 0 Å². The molecule has 62 heavy (non-hydrogen) atoms. The lowest BCUT2D eigenvalue weighted by Crippen LogP contribution is -2.30. The molecule has 1 atom stereocenters. The molecule has 0 saturated heterocycles. The van der Waals surface area contributed by atoms with E-state index in [1.807, 2.05) is 0 Å². The van der Waals surface area contributed by atoms with Crippen molar-refractivity contribution in [1.29, 1.82) is 0 Å². The minimum Gasteiger partial charge on any atom is -0.462 e. The van der Waals surface area contributed by atoms with Gasteiger partial charge in [-0.1, -0.05) is 196 Å². The first-order valence-electron chi connectivity index (χ1n) is 25.9. The maximum atomic E-state index is 12.8. The van der Waals surface area contributed by atoms with Gasteiger partial charge in [0.2, 0.25) is 0 Å². The van der Waals surface area contributed by atoms with Gasteiger partial charge in [-0.2, -0.15) is 0 Å². The van der Waals surface area contributed by atoms with Gasteiger partial charge in [0.1, 0.15) is 13.2 Å². The highest BCUT2D eigenvalue weighted by Crippen LogP contribution is 2.14. The molecule has 0 aliphatic heterocycles. The number of carbonyl (C=O) groups is 3. The van der Waals surface area contributed by atoms with Crippen LogP contribution in [0.5, 0.6) is 0 Å². The molecule has 0 aliphatic rings. The second-order valence-electron chi connectivity index (χ2n) is 17.0. The van der Waals surface area contributed by atoms with Crippen molar-refractivity contribution < 1.29 is 28.6 Å². The maximum Gasteiger partial charge on any atom is 0.306 e. The van der Waals surface area contributed by atoms with Gasteiger partial charge in [0.05, 0.1) is 0 Å². The number of unbranched alkanes of at least 4 members (excludes halogenated alkanes) is 23. The highest BCUT2D eigenvalue weighted by Gasteiger charge is 2.19. The smallest absolute Gasteiger partial charge is 0.306 e. The van der Waals surface area contributed by atoms with E-state index in [0.29, 0.717) is 19.3 Å². The van der Waals surface area contributed by atoms with Crippen molar-refractivity contribution in [2.45, 2.75) is 252 Å². The summed E-state index contributed by atoms with van der Waals surface area (Å²) in [6.07, 6.45) is 63.2. The van der Waals surface area contributed by atoms with E-state index < -0.39 is 6.10 Å². The third-order valence-electron chi connectivity index (χ3n) is 10.9. The van der Waals surface area contributed by atoms with Crippen LogP contribution in [-0.4, -0.2) is 37.2 Å². The second kappa shape index (κ2) is 50.5. The molecule has 0 bridgehead atoms. The lowest BCUT2D eigenvalue weighted by atomic mass is 10.1. The fourth-order valence-corrected chi connectivity index (χ4v) is 7.02. The van der Waals surface area contributed by atoms with E-state index in [9.17, 15) is 14.4 Å². The highest BCUT2D eigenvalue weighted by molar-refractivity contribution is 5.71. The summed E-state index contributed by atoms with van der Waals surface area (Å²) in [5.41, 5.74) is 0. The van der Waals surface area contributed by atoms with Crippen LogP contribution in [0.1, 0.15) is 245 Å². The molecule has 0 rings (SSSR count). The first-order chi connectivity index (χ1) is 30.5. The quantitative estimate of drug-likeness (QED) is 0.0262. The molecule has 0 aromatic heterocycles. The predicted octanol–water partition coefficient (Wildman–Crippen LogP) is 17.0. The first kappa shape index (κ1) is 58.9. The Morgan fingerprint density at radius 2 is 0.661 bits per heavy atom. The Balaban J connectivity index is 4.38. The fraction of sp³-hybridized carbons (Fsp3) is 0.732. The number of hydrogen-bond donors (Lipinski definition) is 0.